The maximum atomic E-state index is 12.2. The lowest BCUT2D eigenvalue weighted by atomic mass is 9.94. The Bertz CT molecular complexity index is 802. The van der Waals surface area contributed by atoms with Crippen molar-refractivity contribution < 1.29 is 43.5 Å². The average Bonchev–Trinajstić information content (AvgIpc) is 3.00. The highest BCUT2D eigenvalue weighted by Gasteiger charge is 2.54. The van der Waals surface area contributed by atoms with Crippen LogP contribution >= 0.6 is 0 Å². The van der Waals surface area contributed by atoms with Crippen molar-refractivity contribution in [2.75, 3.05) is 13.2 Å². The number of amides is 1. The van der Waals surface area contributed by atoms with Crippen LogP contribution in [0.1, 0.15) is 41.5 Å². The molecule has 0 spiro atoms. The molecule has 2 rings (SSSR count). The summed E-state index contributed by atoms with van der Waals surface area (Å²) < 4.78 is 23.2. The molecule has 2 aliphatic heterocycles. The molecule has 0 aliphatic carbocycles. The zero-order valence-corrected chi connectivity index (χ0v) is 21.6. The van der Waals surface area contributed by atoms with Crippen LogP contribution in [0, 0.1) is 0 Å². The van der Waals surface area contributed by atoms with Crippen molar-refractivity contribution in [1.82, 2.24) is 5.32 Å². The Hall–Kier alpha value is -1.95. The van der Waals surface area contributed by atoms with Gasteiger partial charge in [-0.3, -0.25) is 4.79 Å². The SMILES string of the molecule is CC(=O)NC1C(C(OCC(=O)O)C2COC(C)(C)O2)OC(C(=O)O)=CC1[Si](C)(C)C(C)(C)C. The van der Waals surface area contributed by atoms with Crippen molar-refractivity contribution in [1.29, 1.82) is 0 Å². The van der Waals surface area contributed by atoms with Gasteiger partial charge in [0.1, 0.15) is 24.9 Å². The highest BCUT2D eigenvalue weighted by Crippen LogP contribution is 2.49. The molecule has 33 heavy (non-hydrogen) atoms. The lowest BCUT2D eigenvalue weighted by Gasteiger charge is -2.50. The standard InChI is InChI=1S/C22H37NO9Si/c1-12(24)23-17-15(33(7,8)21(2,3)4)9-13(20(27)28)31-19(17)18(29-11-16(25)26)14-10-30-22(5,6)32-14/h9,14-15,17-19H,10-11H2,1-8H3,(H,23,24)(H,25,26)(H,27,28). The maximum Gasteiger partial charge on any atom is 0.370 e. The van der Waals surface area contributed by atoms with Crippen molar-refractivity contribution in [2.24, 2.45) is 0 Å². The van der Waals surface area contributed by atoms with Gasteiger partial charge in [0.25, 0.3) is 0 Å². The number of carbonyl (C=O) groups excluding carboxylic acids is 1. The summed E-state index contributed by atoms with van der Waals surface area (Å²) in [6, 6.07) is -0.655. The molecular formula is C22H37NO9Si. The van der Waals surface area contributed by atoms with Gasteiger partial charge in [-0.05, 0) is 25.0 Å². The minimum Gasteiger partial charge on any atom is -0.480 e. The van der Waals surface area contributed by atoms with Gasteiger partial charge in [-0.1, -0.05) is 33.9 Å². The summed E-state index contributed by atoms with van der Waals surface area (Å²) >= 11 is 0. The number of carbonyl (C=O) groups is 3. The maximum absolute atomic E-state index is 12.2. The Labute approximate surface area is 195 Å². The molecule has 0 saturated carbocycles. The third-order valence-electron chi connectivity index (χ3n) is 6.80. The van der Waals surface area contributed by atoms with Crippen LogP contribution in [0.25, 0.3) is 0 Å². The van der Waals surface area contributed by atoms with Crippen LogP contribution in [-0.4, -0.2) is 79.5 Å². The molecular weight excluding hydrogens is 450 g/mol. The van der Waals surface area contributed by atoms with Crippen molar-refractivity contribution in [3.8, 4) is 0 Å². The van der Waals surface area contributed by atoms with Crippen LogP contribution in [-0.2, 0) is 33.3 Å². The fourth-order valence-electron chi connectivity index (χ4n) is 4.15. The van der Waals surface area contributed by atoms with Crippen LogP contribution in [0.4, 0.5) is 0 Å². The van der Waals surface area contributed by atoms with Gasteiger partial charge in [-0.15, -0.1) is 0 Å². The number of carboxylic acid groups (broad SMARTS) is 2. The number of hydrogen-bond acceptors (Lipinski definition) is 7. The van der Waals surface area contributed by atoms with E-state index in [2.05, 4.69) is 39.2 Å². The van der Waals surface area contributed by atoms with Crippen molar-refractivity contribution in [3.05, 3.63) is 11.8 Å². The Balaban J connectivity index is 2.60. The molecule has 2 aliphatic rings. The van der Waals surface area contributed by atoms with Gasteiger partial charge in [-0.2, -0.15) is 0 Å². The molecule has 11 heteroatoms. The Morgan fingerprint density at radius 1 is 1.27 bits per heavy atom. The summed E-state index contributed by atoms with van der Waals surface area (Å²) in [6.07, 6.45) is -1.16. The normalized spacial score (nSPS) is 28.4. The van der Waals surface area contributed by atoms with E-state index in [4.69, 9.17) is 18.9 Å². The lowest BCUT2D eigenvalue weighted by molar-refractivity contribution is -0.183. The van der Waals surface area contributed by atoms with Gasteiger partial charge in [0.2, 0.25) is 11.7 Å². The summed E-state index contributed by atoms with van der Waals surface area (Å²) in [6.45, 7) is 14.8. The van der Waals surface area contributed by atoms with Gasteiger partial charge in [0.05, 0.1) is 20.7 Å². The van der Waals surface area contributed by atoms with E-state index in [9.17, 15) is 24.6 Å². The largest absolute Gasteiger partial charge is 0.480 e. The lowest BCUT2D eigenvalue weighted by Crippen LogP contribution is -2.62. The van der Waals surface area contributed by atoms with Crippen LogP contribution < -0.4 is 5.32 Å². The second-order valence-electron chi connectivity index (χ2n) is 10.7. The Morgan fingerprint density at radius 2 is 1.88 bits per heavy atom. The Kier molecular flexibility index (Phi) is 8.05. The summed E-state index contributed by atoms with van der Waals surface area (Å²) in [5.41, 5.74) is -0.336. The predicted molar refractivity (Wildman–Crippen MR) is 121 cm³/mol. The molecule has 0 radical (unpaired) electrons. The molecule has 1 saturated heterocycles. The molecule has 0 aromatic rings. The highest BCUT2D eigenvalue weighted by atomic mass is 28.3. The number of ether oxygens (including phenoxy) is 4. The number of nitrogens with one attached hydrogen (secondary N) is 1. The second-order valence-corrected chi connectivity index (χ2v) is 16.3. The third kappa shape index (κ3) is 6.34. The highest BCUT2D eigenvalue weighted by molar-refractivity contribution is 6.82. The van der Waals surface area contributed by atoms with Gasteiger partial charge < -0.3 is 34.5 Å². The van der Waals surface area contributed by atoms with Crippen LogP contribution in [0.2, 0.25) is 23.7 Å². The average molecular weight is 488 g/mol. The quantitative estimate of drug-likeness (QED) is 0.440. The summed E-state index contributed by atoms with van der Waals surface area (Å²) in [4.78, 5) is 35.5. The molecule has 0 aromatic carbocycles. The van der Waals surface area contributed by atoms with E-state index in [0.29, 0.717) is 0 Å². The summed E-state index contributed by atoms with van der Waals surface area (Å²) in [5.74, 6) is -3.94. The fourth-order valence-corrected chi connectivity index (χ4v) is 6.88. The topological polar surface area (TPSA) is 141 Å². The first kappa shape index (κ1) is 27.3. The van der Waals surface area contributed by atoms with Crippen LogP contribution in [0.3, 0.4) is 0 Å². The predicted octanol–water partition coefficient (Wildman–Crippen LogP) is 2.36. The van der Waals surface area contributed by atoms with E-state index in [1.165, 1.54) is 6.92 Å². The monoisotopic (exact) mass is 487 g/mol. The minimum atomic E-state index is -2.30. The molecule has 188 valence electrons. The van der Waals surface area contributed by atoms with E-state index in [1.54, 1.807) is 19.9 Å². The first-order chi connectivity index (χ1) is 15.0. The molecule has 10 nitrogen and oxygen atoms in total. The first-order valence-corrected chi connectivity index (χ1v) is 14.1. The van der Waals surface area contributed by atoms with E-state index in [1.807, 2.05) is 0 Å². The number of hydrogen-bond donors (Lipinski definition) is 3. The van der Waals surface area contributed by atoms with Crippen molar-refractivity contribution in [2.45, 2.75) is 95.4 Å². The van der Waals surface area contributed by atoms with Crippen molar-refractivity contribution in [3.63, 3.8) is 0 Å². The summed E-state index contributed by atoms with van der Waals surface area (Å²) in [7, 11) is -2.30. The zero-order chi connectivity index (χ0) is 25.4. The Morgan fingerprint density at radius 3 is 2.30 bits per heavy atom. The molecule has 2 heterocycles. The van der Waals surface area contributed by atoms with Gasteiger partial charge in [-0.25, -0.2) is 9.59 Å². The molecule has 3 N–H and O–H groups in total. The smallest absolute Gasteiger partial charge is 0.370 e. The third-order valence-corrected chi connectivity index (χ3v) is 12.9. The fraction of sp³-hybridized carbons (Fsp3) is 0.773. The number of carboxylic acids is 2. The first-order valence-electron chi connectivity index (χ1n) is 11.0. The van der Waals surface area contributed by atoms with E-state index in [-0.39, 0.29) is 28.9 Å². The van der Waals surface area contributed by atoms with E-state index >= 15 is 0 Å². The molecule has 0 bridgehead atoms. The zero-order valence-electron chi connectivity index (χ0n) is 20.6. The van der Waals surface area contributed by atoms with Crippen LogP contribution in [0.15, 0.2) is 11.8 Å². The minimum absolute atomic E-state index is 0.0980. The van der Waals surface area contributed by atoms with Gasteiger partial charge in [0.15, 0.2) is 5.79 Å². The van der Waals surface area contributed by atoms with Crippen LogP contribution in [0.5, 0.6) is 0 Å². The van der Waals surface area contributed by atoms with Gasteiger partial charge in [0, 0.05) is 12.5 Å². The number of rotatable bonds is 8. The molecule has 5 atom stereocenters. The van der Waals surface area contributed by atoms with Gasteiger partial charge >= 0.3 is 11.9 Å². The molecule has 1 fully saturated rings. The van der Waals surface area contributed by atoms with E-state index < -0.39 is 56.8 Å². The second kappa shape index (κ2) is 9.73. The molecule has 0 aromatic heterocycles. The number of aliphatic carboxylic acids is 2. The molecule has 1 amide bonds. The molecule has 5 unspecified atom stereocenters. The van der Waals surface area contributed by atoms with Crippen molar-refractivity contribution >= 4 is 25.9 Å². The summed E-state index contributed by atoms with van der Waals surface area (Å²) in [5, 5.41) is 21.8. The van der Waals surface area contributed by atoms with E-state index in [0.717, 1.165) is 0 Å².